The normalized spacial score (nSPS) is 14.4. The summed E-state index contributed by atoms with van der Waals surface area (Å²) in [4.78, 5) is 16.4. The van der Waals surface area contributed by atoms with Crippen LogP contribution in [0.3, 0.4) is 0 Å². The molecule has 2 aromatic carbocycles. The molecular formula is C22H25FN4O2. The maximum atomic E-state index is 13.8. The minimum atomic E-state index is -0.499. The molecule has 1 saturated heterocycles. The average Bonchev–Trinajstić information content (AvgIpc) is 2.74. The van der Waals surface area contributed by atoms with Gasteiger partial charge in [0.1, 0.15) is 17.4 Å². The highest BCUT2D eigenvalue weighted by atomic mass is 19.1. The fourth-order valence-corrected chi connectivity index (χ4v) is 3.51. The van der Waals surface area contributed by atoms with Gasteiger partial charge in [0.05, 0.1) is 18.8 Å². The molecule has 0 spiro atoms. The molecule has 0 aliphatic carbocycles. The highest BCUT2D eigenvalue weighted by Gasteiger charge is 2.22. The number of nitrogens with one attached hydrogen (secondary N) is 1. The van der Waals surface area contributed by atoms with Gasteiger partial charge in [0.2, 0.25) is 5.91 Å². The Balaban J connectivity index is 1.49. The summed E-state index contributed by atoms with van der Waals surface area (Å²) < 4.78 is 19.0. The van der Waals surface area contributed by atoms with Gasteiger partial charge in [0.25, 0.3) is 0 Å². The number of carbonyl (C=O) groups excluding carboxylic acids is 1. The molecule has 0 aromatic heterocycles. The number of hydrogen-bond donors (Lipinski definition) is 1. The highest BCUT2D eigenvalue weighted by molar-refractivity contribution is 5.78. The van der Waals surface area contributed by atoms with E-state index in [0.717, 1.165) is 11.1 Å². The first-order valence-corrected chi connectivity index (χ1v) is 9.60. The van der Waals surface area contributed by atoms with Crippen molar-refractivity contribution in [2.75, 3.05) is 44.7 Å². The third-order valence-electron chi connectivity index (χ3n) is 5.08. The lowest BCUT2D eigenvalue weighted by Crippen LogP contribution is -2.49. The SMILES string of the molecule is COCc1ccccc1CNC(=O)CN1CCN(c2cccc(F)c2C#N)CC1. The summed E-state index contributed by atoms with van der Waals surface area (Å²) in [5, 5.41) is 12.2. The van der Waals surface area contributed by atoms with Crippen molar-refractivity contribution < 1.29 is 13.9 Å². The molecule has 1 aliphatic rings. The Morgan fingerprint density at radius 2 is 1.86 bits per heavy atom. The van der Waals surface area contributed by atoms with E-state index in [4.69, 9.17) is 4.74 Å². The number of carbonyl (C=O) groups is 1. The zero-order chi connectivity index (χ0) is 20.6. The maximum absolute atomic E-state index is 13.8. The monoisotopic (exact) mass is 396 g/mol. The molecule has 1 N–H and O–H groups in total. The van der Waals surface area contributed by atoms with Crippen molar-refractivity contribution in [3.63, 3.8) is 0 Å². The Kier molecular flexibility index (Phi) is 7.17. The van der Waals surface area contributed by atoms with Gasteiger partial charge < -0.3 is 15.0 Å². The van der Waals surface area contributed by atoms with Gasteiger partial charge in [0, 0.05) is 39.8 Å². The smallest absolute Gasteiger partial charge is 0.234 e. The van der Waals surface area contributed by atoms with Gasteiger partial charge in [-0.2, -0.15) is 5.26 Å². The number of benzene rings is 2. The first-order chi connectivity index (χ1) is 14.1. The molecule has 1 fully saturated rings. The number of rotatable bonds is 7. The zero-order valence-electron chi connectivity index (χ0n) is 16.5. The van der Waals surface area contributed by atoms with E-state index in [9.17, 15) is 14.4 Å². The van der Waals surface area contributed by atoms with E-state index in [-0.39, 0.29) is 11.5 Å². The topological polar surface area (TPSA) is 68.6 Å². The lowest BCUT2D eigenvalue weighted by atomic mass is 10.1. The minimum absolute atomic E-state index is 0.0332. The molecule has 1 aliphatic heterocycles. The second kappa shape index (κ2) is 10.0. The van der Waals surface area contributed by atoms with E-state index in [1.54, 1.807) is 19.2 Å². The molecule has 3 rings (SSSR count). The Hall–Kier alpha value is -2.95. The summed E-state index contributed by atoms with van der Waals surface area (Å²) in [6.07, 6.45) is 0. The zero-order valence-corrected chi connectivity index (χ0v) is 16.5. The van der Waals surface area contributed by atoms with Crippen molar-refractivity contribution in [1.29, 1.82) is 5.26 Å². The van der Waals surface area contributed by atoms with Crippen molar-refractivity contribution in [2.45, 2.75) is 13.2 Å². The molecule has 0 atom stereocenters. The van der Waals surface area contributed by atoms with Crippen molar-refractivity contribution in [2.24, 2.45) is 0 Å². The summed E-state index contributed by atoms with van der Waals surface area (Å²) in [5.74, 6) is -0.533. The van der Waals surface area contributed by atoms with E-state index in [1.807, 2.05) is 35.2 Å². The summed E-state index contributed by atoms with van der Waals surface area (Å²) in [6.45, 7) is 3.93. The summed E-state index contributed by atoms with van der Waals surface area (Å²) in [5.41, 5.74) is 2.80. The van der Waals surface area contributed by atoms with E-state index < -0.39 is 5.82 Å². The van der Waals surface area contributed by atoms with Crippen molar-refractivity contribution in [3.05, 3.63) is 65.0 Å². The maximum Gasteiger partial charge on any atom is 0.234 e. The van der Waals surface area contributed by atoms with Crippen molar-refractivity contribution in [3.8, 4) is 6.07 Å². The highest BCUT2D eigenvalue weighted by Crippen LogP contribution is 2.23. The van der Waals surface area contributed by atoms with Crippen LogP contribution in [0, 0.1) is 17.1 Å². The van der Waals surface area contributed by atoms with Crippen LogP contribution < -0.4 is 10.2 Å². The fraction of sp³-hybridized carbons (Fsp3) is 0.364. The van der Waals surface area contributed by atoms with Crippen molar-refractivity contribution in [1.82, 2.24) is 10.2 Å². The number of ether oxygens (including phenoxy) is 1. The number of amides is 1. The summed E-state index contributed by atoms with van der Waals surface area (Å²) in [6, 6.07) is 14.5. The van der Waals surface area contributed by atoms with Gasteiger partial charge in [-0.05, 0) is 23.3 Å². The van der Waals surface area contributed by atoms with Gasteiger partial charge in [-0.25, -0.2) is 4.39 Å². The third-order valence-corrected chi connectivity index (χ3v) is 5.08. The molecule has 7 heteroatoms. The Bertz CT molecular complexity index is 889. The molecule has 29 heavy (non-hydrogen) atoms. The number of methoxy groups -OCH3 is 1. The molecule has 1 amide bonds. The predicted molar refractivity (Wildman–Crippen MR) is 109 cm³/mol. The van der Waals surface area contributed by atoms with Crippen LogP contribution in [0.25, 0.3) is 0 Å². The lowest BCUT2D eigenvalue weighted by Gasteiger charge is -2.36. The van der Waals surface area contributed by atoms with Crippen LogP contribution in [0.15, 0.2) is 42.5 Å². The molecule has 0 saturated carbocycles. The van der Waals surface area contributed by atoms with Crippen LogP contribution in [0.1, 0.15) is 16.7 Å². The lowest BCUT2D eigenvalue weighted by molar-refractivity contribution is -0.122. The molecule has 1 heterocycles. The van der Waals surface area contributed by atoms with E-state index in [0.29, 0.717) is 51.6 Å². The van der Waals surface area contributed by atoms with Crippen LogP contribution in [-0.4, -0.2) is 50.6 Å². The average molecular weight is 396 g/mol. The third kappa shape index (κ3) is 5.31. The van der Waals surface area contributed by atoms with Gasteiger partial charge >= 0.3 is 0 Å². The number of piperazine rings is 1. The Labute approximate surface area is 170 Å². The predicted octanol–water partition coefficient (Wildman–Crippen LogP) is 2.28. The first-order valence-electron chi connectivity index (χ1n) is 9.60. The number of hydrogen-bond acceptors (Lipinski definition) is 5. The molecule has 0 bridgehead atoms. The molecule has 152 valence electrons. The fourth-order valence-electron chi connectivity index (χ4n) is 3.51. The van der Waals surface area contributed by atoms with Gasteiger partial charge in [-0.1, -0.05) is 30.3 Å². The van der Waals surface area contributed by atoms with Gasteiger partial charge in [-0.15, -0.1) is 0 Å². The van der Waals surface area contributed by atoms with Crippen LogP contribution in [0.2, 0.25) is 0 Å². The number of anilines is 1. The summed E-state index contributed by atoms with van der Waals surface area (Å²) >= 11 is 0. The van der Waals surface area contributed by atoms with Gasteiger partial charge in [0.15, 0.2) is 0 Å². The Morgan fingerprint density at radius 1 is 1.14 bits per heavy atom. The quantitative estimate of drug-likeness (QED) is 0.778. The minimum Gasteiger partial charge on any atom is -0.380 e. The second-order valence-corrected chi connectivity index (χ2v) is 6.99. The second-order valence-electron chi connectivity index (χ2n) is 6.99. The number of halogens is 1. The molecule has 6 nitrogen and oxygen atoms in total. The largest absolute Gasteiger partial charge is 0.380 e. The number of nitriles is 1. The number of nitrogens with zero attached hydrogens (tertiary/aromatic N) is 3. The summed E-state index contributed by atoms with van der Waals surface area (Å²) in [7, 11) is 1.65. The van der Waals surface area contributed by atoms with Gasteiger partial charge in [-0.3, -0.25) is 9.69 Å². The Morgan fingerprint density at radius 3 is 2.55 bits per heavy atom. The van der Waals surface area contributed by atoms with Crippen LogP contribution in [-0.2, 0) is 22.7 Å². The van der Waals surface area contributed by atoms with E-state index in [2.05, 4.69) is 10.2 Å². The van der Waals surface area contributed by atoms with Crippen molar-refractivity contribution >= 4 is 11.6 Å². The standard InChI is InChI=1S/C22H25FN4O2/c1-29-16-18-6-3-2-5-17(18)14-25-22(28)15-26-9-11-27(12-10-26)21-8-4-7-20(23)19(21)13-24/h2-8H,9-12,14-16H2,1H3,(H,25,28). The van der Waals surface area contributed by atoms with Crippen LogP contribution in [0.4, 0.5) is 10.1 Å². The molecule has 0 unspecified atom stereocenters. The molecule has 2 aromatic rings. The first kappa shape index (κ1) is 20.8. The van der Waals surface area contributed by atoms with E-state index in [1.165, 1.54) is 6.07 Å². The molecule has 0 radical (unpaired) electrons. The van der Waals surface area contributed by atoms with Crippen LogP contribution >= 0.6 is 0 Å². The van der Waals surface area contributed by atoms with Crippen LogP contribution in [0.5, 0.6) is 0 Å². The van der Waals surface area contributed by atoms with E-state index >= 15 is 0 Å². The molecular weight excluding hydrogens is 371 g/mol.